The summed E-state index contributed by atoms with van der Waals surface area (Å²) in [4.78, 5) is 11.8. The lowest BCUT2D eigenvalue weighted by Gasteiger charge is -2.45. The molecule has 2 heterocycles. The van der Waals surface area contributed by atoms with Crippen LogP contribution in [0.4, 0.5) is 4.79 Å². The van der Waals surface area contributed by atoms with Crippen LogP contribution >= 0.6 is 12.4 Å². The van der Waals surface area contributed by atoms with Gasteiger partial charge < -0.3 is 15.3 Å². The molecule has 0 atom stereocenters. The number of amides is 1. The molecule has 2 aliphatic rings. The Bertz CT molecular complexity index is 178. The van der Waals surface area contributed by atoms with Crippen molar-refractivity contribution in [2.24, 2.45) is 11.8 Å². The molecular weight excluding hydrogens is 180 g/mol. The third kappa shape index (κ3) is 1.49. The van der Waals surface area contributed by atoms with Crippen molar-refractivity contribution in [3.8, 4) is 0 Å². The van der Waals surface area contributed by atoms with Gasteiger partial charge in [-0.05, 0) is 24.9 Å². The summed E-state index contributed by atoms with van der Waals surface area (Å²) in [6.45, 7) is 3.67. The van der Waals surface area contributed by atoms with E-state index in [0.29, 0.717) is 5.92 Å². The predicted molar refractivity (Wildman–Crippen MR) is 46.7 cm³/mol. The van der Waals surface area contributed by atoms with Crippen LogP contribution in [0.15, 0.2) is 0 Å². The number of rotatable bonds is 1. The molecule has 0 aromatic rings. The Hall–Kier alpha value is -0.480. The summed E-state index contributed by atoms with van der Waals surface area (Å²) in [6, 6.07) is 0. The lowest BCUT2D eigenvalue weighted by molar-refractivity contribution is 0.0396. The molecule has 12 heavy (non-hydrogen) atoms. The average molecular weight is 193 g/mol. The van der Waals surface area contributed by atoms with Crippen LogP contribution < -0.4 is 5.32 Å². The van der Waals surface area contributed by atoms with Gasteiger partial charge in [-0.25, -0.2) is 4.79 Å². The monoisotopic (exact) mass is 192 g/mol. The van der Waals surface area contributed by atoms with E-state index in [1.165, 1.54) is 4.90 Å². The first-order valence-corrected chi connectivity index (χ1v) is 3.96. The molecule has 4 nitrogen and oxygen atoms in total. The van der Waals surface area contributed by atoms with E-state index in [0.717, 1.165) is 32.1 Å². The topological polar surface area (TPSA) is 52.6 Å². The van der Waals surface area contributed by atoms with Crippen molar-refractivity contribution in [1.82, 2.24) is 10.2 Å². The van der Waals surface area contributed by atoms with Gasteiger partial charge in [-0.1, -0.05) is 0 Å². The summed E-state index contributed by atoms with van der Waals surface area (Å²) < 4.78 is 0. The van der Waals surface area contributed by atoms with E-state index in [-0.39, 0.29) is 12.4 Å². The molecule has 2 N–H and O–H groups in total. The van der Waals surface area contributed by atoms with Gasteiger partial charge in [0.05, 0.1) is 0 Å². The highest BCUT2D eigenvalue weighted by atomic mass is 35.5. The van der Waals surface area contributed by atoms with E-state index in [2.05, 4.69) is 5.32 Å². The van der Waals surface area contributed by atoms with Gasteiger partial charge in [0.25, 0.3) is 0 Å². The molecule has 2 fully saturated rings. The normalized spacial score (nSPS) is 23.8. The van der Waals surface area contributed by atoms with Gasteiger partial charge in [-0.15, -0.1) is 12.4 Å². The van der Waals surface area contributed by atoms with Crippen LogP contribution in [0.3, 0.4) is 0 Å². The predicted octanol–water partition coefficient (Wildman–Crippen LogP) is 0.237. The van der Waals surface area contributed by atoms with Gasteiger partial charge in [0, 0.05) is 13.1 Å². The largest absolute Gasteiger partial charge is 0.465 e. The molecule has 0 aromatic carbocycles. The summed E-state index contributed by atoms with van der Waals surface area (Å²) in [7, 11) is 0. The molecular formula is C7H13ClN2O2. The summed E-state index contributed by atoms with van der Waals surface area (Å²) in [6.07, 6.45) is -0.770. The van der Waals surface area contributed by atoms with Crippen LogP contribution in [-0.2, 0) is 0 Å². The molecule has 0 radical (unpaired) electrons. The van der Waals surface area contributed by atoms with Crippen LogP contribution in [0.25, 0.3) is 0 Å². The number of hydrogen-bond donors (Lipinski definition) is 2. The number of nitrogens with one attached hydrogen (secondary N) is 1. The Labute approximate surface area is 77.3 Å². The Morgan fingerprint density at radius 1 is 1.33 bits per heavy atom. The molecule has 0 unspecified atom stereocenters. The van der Waals surface area contributed by atoms with Crippen LogP contribution in [0.2, 0.25) is 0 Å². The Morgan fingerprint density at radius 3 is 2.25 bits per heavy atom. The van der Waals surface area contributed by atoms with Gasteiger partial charge in [0.1, 0.15) is 0 Å². The smallest absolute Gasteiger partial charge is 0.407 e. The second-order valence-corrected chi connectivity index (χ2v) is 3.37. The third-order valence-corrected chi connectivity index (χ3v) is 2.66. The number of carbonyl (C=O) groups is 1. The first kappa shape index (κ1) is 9.61. The Kier molecular flexibility index (Phi) is 2.80. The van der Waals surface area contributed by atoms with Gasteiger partial charge in [0.15, 0.2) is 0 Å². The van der Waals surface area contributed by atoms with E-state index < -0.39 is 6.09 Å². The van der Waals surface area contributed by atoms with E-state index in [9.17, 15) is 4.79 Å². The van der Waals surface area contributed by atoms with Crippen LogP contribution in [-0.4, -0.2) is 42.3 Å². The number of hydrogen-bond acceptors (Lipinski definition) is 2. The summed E-state index contributed by atoms with van der Waals surface area (Å²) in [5.74, 6) is 1.37. The SMILES string of the molecule is Cl.O=C(O)N1CC(C2CNC2)C1. The fourth-order valence-electron chi connectivity index (χ4n) is 1.61. The second-order valence-electron chi connectivity index (χ2n) is 3.37. The average Bonchev–Trinajstić information content (AvgIpc) is 1.70. The van der Waals surface area contributed by atoms with Crippen molar-refractivity contribution >= 4 is 18.5 Å². The van der Waals surface area contributed by atoms with E-state index >= 15 is 0 Å². The lowest BCUT2D eigenvalue weighted by atomic mass is 9.82. The van der Waals surface area contributed by atoms with Crippen molar-refractivity contribution in [3.05, 3.63) is 0 Å². The van der Waals surface area contributed by atoms with E-state index in [1.54, 1.807) is 0 Å². The van der Waals surface area contributed by atoms with Crippen LogP contribution in [0.5, 0.6) is 0 Å². The summed E-state index contributed by atoms with van der Waals surface area (Å²) >= 11 is 0. The molecule has 70 valence electrons. The molecule has 5 heteroatoms. The number of carboxylic acid groups (broad SMARTS) is 1. The fraction of sp³-hybridized carbons (Fsp3) is 0.857. The van der Waals surface area contributed by atoms with E-state index in [1.807, 2.05) is 0 Å². The zero-order chi connectivity index (χ0) is 7.84. The summed E-state index contributed by atoms with van der Waals surface area (Å²) in [5.41, 5.74) is 0. The quantitative estimate of drug-likeness (QED) is 0.626. The number of nitrogens with zero attached hydrogens (tertiary/aromatic N) is 1. The minimum atomic E-state index is -0.770. The Balaban J connectivity index is 0.000000720. The van der Waals surface area contributed by atoms with Crippen LogP contribution in [0.1, 0.15) is 0 Å². The van der Waals surface area contributed by atoms with Gasteiger partial charge in [-0.3, -0.25) is 0 Å². The van der Waals surface area contributed by atoms with E-state index in [4.69, 9.17) is 5.11 Å². The van der Waals surface area contributed by atoms with Crippen molar-refractivity contribution < 1.29 is 9.90 Å². The van der Waals surface area contributed by atoms with Crippen molar-refractivity contribution in [1.29, 1.82) is 0 Å². The zero-order valence-electron chi connectivity index (χ0n) is 6.69. The number of likely N-dealkylation sites (tertiary alicyclic amines) is 1. The molecule has 2 rings (SSSR count). The van der Waals surface area contributed by atoms with Crippen molar-refractivity contribution in [2.75, 3.05) is 26.2 Å². The third-order valence-electron chi connectivity index (χ3n) is 2.66. The highest BCUT2D eigenvalue weighted by Crippen LogP contribution is 2.26. The standard InChI is InChI=1S/C7H12N2O2.ClH/c10-7(11)9-3-6(4-9)5-1-8-2-5;/h5-6,8H,1-4H2,(H,10,11);1H. The second kappa shape index (κ2) is 3.49. The van der Waals surface area contributed by atoms with Crippen LogP contribution in [0, 0.1) is 11.8 Å². The minimum Gasteiger partial charge on any atom is -0.465 e. The fourth-order valence-corrected chi connectivity index (χ4v) is 1.61. The maximum atomic E-state index is 10.4. The maximum Gasteiger partial charge on any atom is 0.407 e. The molecule has 0 saturated carbocycles. The summed E-state index contributed by atoms with van der Waals surface area (Å²) in [5, 5.41) is 11.7. The first-order valence-electron chi connectivity index (χ1n) is 3.96. The molecule has 0 aromatic heterocycles. The van der Waals surface area contributed by atoms with Gasteiger partial charge in [-0.2, -0.15) is 0 Å². The lowest BCUT2D eigenvalue weighted by Crippen LogP contribution is -2.59. The van der Waals surface area contributed by atoms with Crippen molar-refractivity contribution in [3.63, 3.8) is 0 Å². The van der Waals surface area contributed by atoms with Gasteiger partial charge >= 0.3 is 6.09 Å². The molecule has 0 spiro atoms. The van der Waals surface area contributed by atoms with Gasteiger partial charge in [0.2, 0.25) is 0 Å². The molecule has 0 bridgehead atoms. The van der Waals surface area contributed by atoms with Crippen molar-refractivity contribution in [2.45, 2.75) is 0 Å². The molecule has 2 aliphatic heterocycles. The molecule has 0 aliphatic carbocycles. The maximum absolute atomic E-state index is 10.4. The minimum absolute atomic E-state index is 0. The highest BCUT2D eigenvalue weighted by molar-refractivity contribution is 5.85. The molecule has 1 amide bonds. The highest BCUT2D eigenvalue weighted by Gasteiger charge is 2.38. The molecule has 2 saturated heterocycles. The Morgan fingerprint density at radius 2 is 1.92 bits per heavy atom. The first-order chi connectivity index (χ1) is 5.27. The zero-order valence-corrected chi connectivity index (χ0v) is 7.51. The number of halogens is 1.